The Morgan fingerprint density at radius 3 is 0.558 bits per heavy atom. The molecule has 0 radical (unpaired) electrons. The van der Waals surface area contributed by atoms with Crippen LogP contribution < -0.4 is 0 Å². The van der Waals surface area contributed by atoms with Crippen molar-refractivity contribution in [2.24, 2.45) is 0 Å². The second-order valence-corrected chi connectivity index (χ2v) is 33.3. The molecule has 0 bridgehead atoms. The first-order chi connectivity index (χ1) is 58.3. The average molecular weight is 1550 g/mol. The molecule has 0 aliphatic carbocycles. The van der Waals surface area contributed by atoms with E-state index in [2.05, 4.69) is 384 Å². The van der Waals surface area contributed by atoms with Gasteiger partial charge in [-0.25, -0.2) is 39.9 Å². The number of benzene rings is 15. The molecule has 582 valence electrons. The summed E-state index contributed by atoms with van der Waals surface area (Å²) in [6.07, 6.45) is 0. The molecule has 120 heavy (non-hydrogen) atoms. The number of nitrogens with zero attached hydrogens (tertiary/aromatic N) is 8. The normalized spacial score (nSPS) is 11.4. The van der Waals surface area contributed by atoms with E-state index < -0.39 is 0 Å². The molecular formula is C112H94N8. The lowest BCUT2D eigenvalue weighted by Crippen LogP contribution is -2.18. The summed E-state index contributed by atoms with van der Waals surface area (Å²) in [5.41, 5.74) is 28.0. The van der Waals surface area contributed by atoms with Gasteiger partial charge in [-0.2, -0.15) is 0 Å². The molecule has 0 atom stereocenters. The van der Waals surface area contributed by atoms with Crippen molar-refractivity contribution in [1.29, 1.82) is 0 Å². The Hall–Kier alpha value is -14.6. The van der Waals surface area contributed by atoms with Crippen molar-refractivity contribution < 1.29 is 0 Å². The lowest BCUT2D eigenvalue weighted by molar-refractivity contribution is 0.543. The molecule has 18 rings (SSSR count). The van der Waals surface area contributed by atoms with Gasteiger partial charge in [0, 0.05) is 49.8 Å². The first-order valence-electron chi connectivity index (χ1n) is 41.0. The van der Waals surface area contributed by atoms with E-state index in [1.807, 2.05) is 84.9 Å². The van der Waals surface area contributed by atoms with Gasteiger partial charge in [0.15, 0.2) is 29.1 Å². The molecular weight excluding hydrogens is 1460 g/mol. The molecule has 3 heterocycles. The van der Waals surface area contributed by atoms with Gasteiger partial charge in [-0.05, 0) is 185 Å². The van der Waals surface area contributed by atoms with Crippen molar-refractivity contribution >= 4 is 0 Å². The predicted octanol–water partition coefficient (Wildman–Crippen LogP) is 29.1. The molecule has 8 nitrogen and oxygen atoms in total. The predicted molar refractivity (Wildman–Crippen MR) is 499 cm³/mol. The zero-order chi connectivity index (χ0) is 82.6. The monoisotopic (exact) mass is 1550 g/mol. The van der Waals surface area contributed by atoms with Gasteiger partial charge in [-0.3, -0.25) is 0 Å². The third-order valence-electron chi connectivity index (χ3n) is 21.1. The molecule has 3 aromatic heterocycles. The number of rotatable bonds is 15. The van der Waals surface area contributed by atoms with E-state index in [4.69, 9.17) is 39.9 Å². The largest absolute Gasteiger partial charge is 0.232 e. The summed E-state index contributed by atoms with van der Waals surface area (Å²) < 4.78 is 0. The zero-order valence-corrected chi connectivity index (χ0v) is 69.3. The number of hydrogen-bond donors (Lipinski definition) is 0. The fourth-order valence-electron chi connectivity index (χ4n) is 14.6. The molecule has 15 aromatic carbocycles. The van der Waals surface area contributed by atoms with Gasteiger partial charge < -0.3 is 0 Å². The second kappa shape index (κ2) is 35.5. The summed E-state index contributed by atoms with van der Waals surface area (Å²) in [6, 6.07) is 142. The van der Waals surface area contributed by atoms with E-state index in [9.17, 15) is 0 Å². The Kier molecular flexibility index (Phi) is 23.4. The molecule has 0 saturated heterocycles. The second-order valence-electron chi connectivity index (χ2n) is 33.3. The lowest BCUT2D eigenvalue weighted by atomic mass is 9.86. The van der Waals surface area contributed by atoms with Gasteiger partial charge in [-0.1, -0.05) is 384 Å². The maximum Gasteiger partial charge on any atom is 0.164 e. The SMILES string of the molecule is CC(C)(C)c1cccc(-c2nc(-c3ccccc3)nc(-c3ccccc3)n2)c1.CC(C)(C)c1nc(-c2cc(-c3ccccc3)cc(-c3ccccc3)c2)cc(-c2cc(-c3ccccc3)cc(-c3ccccc3)c2)n1.CC(C)(C)c1nc(-c2cc(-c3ccccc3)cc(-c3ccccc3)c2)nc(-c2cc(-c3ccccc3)cc(-c3ccccc3)c2)n1. The van der Waals surface area contributed by atoms with Crippen molar-refractivity contribution in [2.45, 2.75) is 78.6 Å². The highest BCUT2D eigenvalue weighted by atomic mass is 15.0. The quantitative estimate of drug-likeness (QED) is 0.1000. The minimum absolute atomic E-state index is 0.0631. The Balaban J connectivity index is 0.000000138. The van der Waals surface area contributed by atoms with Gasteiger partial charge in [0.05, 0.1) is 11.4 Å². The standard InChI is InChI=1S/C44H36N2.C43H35N3.C25H23N3/c1-44(2,3)43-45-41(39-26-35(31-16-8-4-9-17-31)24-36(27-39)32-18-10-5-11-19-32)30-42(46-43)40-28-37(33-20-12-6-13-21-33)25-38(29-40)34-22-14-7-15-23-34;1-43(2,3)42-45-40(38-26-34(30-16-8-4-9-17-30)24-35(27-38)31-18-10-5-11-19-31)44-41(46-42)39-28-36(32-20-12-6-13-21-32)25-37(29-39)33-22-14-7-15-23-33;1-25(2,3)21-16-10-15-20(17-21)24-27-22(18-11-6-4-7-12-18)26-23(28-24)19-13-8-5-9-14-19/h4-30H,1-3H3;4-29H,1-3H3;4-17H,1-3H3. The van der Waals surface area contributed by atoms with E-state index >= 15 is 0 Å². The third-order valence-corrected chi connectivity index (χ3v) is 21.1. The van der Waals surface area contributed by atoms with E-state index in [1.165, 1.54) is 27.8 Å². The average Bonchev–Trinajstić information content (AvgIpc) is 0.777. The van der Waals surface area contributed by atoms with Crippen molar-refractivity contribution in [1.82, 2.24) is 39.9 Å². The van der Waals surface area contributed by atoms with Crippen LogP contribution in [0.4, 0.5) is 0 Å². The third kappa shape index (κ3) is 19.2. The summed E-state index contributed by atoms with van der Waals surface area (Å²) in [5.74, 6) is 4.96. The van der Waals surface area contributed by atoms with Crippen molar-refractivity contribution in [3.63, 3.8) is 0 Å². The molecule has 0 fully saturated rings. The van der Waals surface area contributed by atoms with Crippen molar-refractivity contribution in [3.05, 3.63) is 424 Å². The van der Waals surface area contributed by atoms with Gasteiger partial charge >= 0.3 is 0 Å². The maximum absolute atomic E-state index is 5.22. The number of hydrogen-bond acceptors (Lipinski definition) is 8. The smallest absolute Gasteiger partial charge is 0.164 e. The molecule has 0 amide bonds. The van der Waals surface area contributed by atoms with Crippen LogP contribution in [0, 0.1) is 0 Å². The van der Waals surface area contributed by atoms with Crippen LogP contribution in [0.25, 0.3) is 168 Å². The Morgan fingerprint density at radius 1 is 0.133 bits per heavy atom. The Labute approximate surface area is 706 Å². The van der Waals surface area contributed by atoms with Crippen LogP contribution in [0.1, 0.15) is 79.5 Å². The summed E-state index contributed by atoms with van der Waals surface area (Å²) in [6.45, 7) is 19.6. The first kappa shape index (κ1) is 79.2. The van der Waals surface area contributed by atoms with E-state index in [0.29, 0.717) is 29.1 Å². The molecule has 0 unspecified atom stereocenters. The highest BCUT2D eigenvalue weighted by molar-refractivity contribution is 5.86. The van der Waals surface area contributed by atoms with Crippen LogP contribution in [0.5, 0.6) is 0 Å². The van der Waals surface area contributed by atoms with E-state index in [0.717, 1.165) is 129 Å². The molecule has 0 saturated carbocycles. The van der Waals surface area contributed by atoms with Gasteiger partial charge in [0.1, 0.15) is 11.6 Å². The van der Waals surface area contributed by atoms with Gasteiger partial charge in [-0.15, -0.1) is 0 Å². The lowest BCUT2D eigenvalue weighted by Gasteiger charge is -2.20. The molecule has 8 heteroatoms. The minimum Gasteiger partial charge on any atom is -0.232 e. The highest BCUT2D eigenvalue weighted by Crippen LogP contribution is 2.41. The zero-order valence-electron chi connectivity index (χ0n) is 69.3. The maximum atomic E-state index is 5.22. The van der Waals surface area contributed by atoms with Crippen LogP contribution in [0.15, 0.2) is 406 Å². The van der Waals surface area contributed by atoms with Gasteiger partial charge in [0.2, 0.25) is 0 Å². The molecule has 0 aliphatic rings. The summed E-state index contributed by atoms with van der Waals surface area (Å²) in [5, 5.41) is 0. The van der Waals surface area contributed by atoms with Crippen molar-refractivity contribution in [3.8, 4) is 168 Å². The van der Waals surface area contributed by atoms with Gasteiger partial charge in [0.25, 0.3) is 0 Å². The fraction of sp³-hybridized carbons (Fsp3) is 0.107. The minimum atomic E-state index is -0.287. The van der Waals surface area contributed by atoms with Crippen LogP contribution >= 0.6 is 0 Å². The topological polar surface area (TPSA) is 103 Å². The highest BCUT2D eigenvalue weighted by Gasteiger charge is 2.26. The molecule has 0 spiro atoms. The van der Waals surface area contributed by atoms with Crippen LogP contribution in [0.2, 0.25) is 0 Å². The number of aromatic nitrogens is 8. The molecule has 0 aliphatic heterocycles. The van der Waals surface area contributed by atoms with E-state index in [1.54, 1.807) is 0 Å². The molecule has 0 N–H and O–H groups in total. The molecule has 18 aromatic rings. The Morgan fingerprint density at radius 2 is 0.325 bits per heavy atom. The fourth-order valence-corrected chi connectivity index (χ4v) is 14.6. The van der Waals surface area contributed by atoms with Crippen LogP contribution in [0.3, 0.4) is 0 Å². The first-order valence-corrected chi connectivity index (χ1v) is 41.0. The Bertz CT molecular complexity index is 5620. The van der Waals surface area contributed by atoms with Crippen LogP contribution in [-0.2, 0) is 16.2 Å². The van der Waals surface area contributed by atoms with Crippen molar-refractivity contribution in [2.75, 3.05) is 0 Å². The summed E-state index contributed by atoms with van der Waals surface area (Å²) in [7, 11) is 0. The summed E-state index contributed by atoms with van der Waals surface area (Å²) in [4.78, 5) is 40.2. The van der Waals surface area contributed by atoms with Crippen LogP contribution in [-0.4, -0.2) is 39.9 Å². The summed E-state index contributed by atoms with van der Waals surface area (Å²) >= 11 is 0. The van der Waals surface area contributed by atoms with E-state index in [-0.39, 0.29) is 16.2 Å².